The number of nitrogens with zero attached hydrogens (tertiary/aromatic N) is 1. The Morgan fingerprint density at radius 2 is 1.71 bits per heavy atom. The Labute approximate surface area is 151 Å². The first-order chi connectivity index (χ1) is 11.2. The molecule has 0 aromatic heterocycles. The highest BCUT2D eigenvalue weighted by molar-refractivity contribution is 7.79. The van der Waals surface area contributed by atoms with Gasteiger partial charge in [-0.2, -0.15) is 12.6 Å². The third-order valence-corrected chi connectivity index (χ3v) is 6.04. The number of piperazine rings is 1. The number of thiol groups is 1. The Hall–Kier alpha value is -0.685. The van der Waals surface area contributed by atoms with Crippen LogP contribution in [0, 0.1) is 6.92 Å². The van der Waals surface area contributed by atoms with E-state index in [1.54, 1.807) is 0 Å². The lowest BCUT2D eigenvalue weighted by Gasteiger charge is -2.32. The SMILES string of the molecule is Cc1c(CS)cc(N2CCNCC2)cc1B1OC(C)(C)C(C)(C)O1. The summed E-state index contributed by atoms with van der Waals surface area (Å²) < 4.78 is 12.6. The van der Waals surface area contributed by atoms with Crippen LogP contribution in [-0.2, 0) is 15.1 Å². The van der Waals surface area contributed by atoms with Gasteiger partial charge in [-0.05, 0) is 63.3 Å². The Morgan fingerprint density at radius 3 is 2.25 bits per heavy atom. The van der Waals surface area contributed by atoms with Gasteiger partial charge < -0.3 is 19.5 Å². The van der Waals surface area contributed by atoms with Crippen molar-refractivity contribution in [2.45, 2.75) is 51.6 Å². The van der Waals surface area contributed by atoms with E-state index >= 15 is 0 Å². The summed E-state index contributed by atoms with van der Waals surface area (Å²) in [6, 6.07) is 4.51. The number of hydrogen-bond donors (Lipinski definition) is 2. The van der Waals surface area contributed by atoms with Crippen molar-refractivity contribution in [2.75, 3.05) is 31.1 Å². The lowest BCUT2D eigenvalue weighted by molar-refractivity contribution is 0.00578. The molecule has 2 heterocycles. The molecule has 24 heavy (non-hydrogen) atoms. The van der Waals surface area contributed by atoms with Gasteiger partial charge in [0.25, 0.3) is 0 Å². The van der Waals surface area contributed by atoms with Gasteiger partial charge in [0.1, 0.15) is 0 Å². The minimum Gasteiger partial charge on any atom is -0.399 e. The van der Waals surface area contributed by atoms with E-state index in [-0.39, 0.29) is 18.3 Å². The highest BCUT2D eigenvalue weighted by Gasteiger charge is 2.52. The van der Waals surface area contributed by atoms with E-state index in [0.717, 1.165) is 37.4 Å². The number of nitrogens with one attached hydrogen (secondary N) is 1. The molecule has 0 aliphatic carbocycles. The summed E-state index contributed by atoms with van der Waals surface area (Å²) in [5.41, 5.74) is 4.21. The number of rotatable bonds is 3. The summed E-state index contributed by atoms with van der Waals surface area (Å²) in [5.74, 6) is 0.721. The molecule has 0 bridgehead atoms. The molecule has 0 amide bonds. The van der Waals surface area contributed by atoms with E-state index in [1.807, 2.05) is 0 Å². The third kappa shape index (κ3) is 3.21. The molecule has 0 spiro atoms. The molecule has 2 saturated heterocycles. The molecule has 0 unspecified atom stereocenters. The van der Waals surface area contributed by atoms with Crippen LogP contribution in [0.5, 0.6) is 0 Å². The summed E-state index contributed by atoms with van der Waals surface area (Å²) in [6.07, 6.45) is 0. The molecule has 2 aliphatic heterocycles. The van der Waals surface area contributed by atoms with Gasteiger partial charge in [-0.25, -0.2) is 0 Å². The average Bonchev–Trinajstić information content (AvgIpc) is 2.76. The van der Waals surface area contributed by atoms with Crippen LogP contribution >= 0.6 is 12.6 Å². The second-order valence-corrected chi connectivity index (χ2v) is 8.12. The van der Waals surface area contributed by atoms with Crippen molar-refractivity contribution in [3.05, 3.63) is 23.3 Å². The molecule has 1 aromatic carbocycles. The minimum atomic E-state index is -0.323. The highest BCUT2D eigenvalue weighted by Crippen LogP contribution is 2.37. The summed E-state index contributed by atoms with van der Waals surface area (Å²) in [7, 11) is -0.323. The standard InChI is InChI=1S/C18H29BN2O2S/c1-13-14(12-24)10-15(21-8-6-20-7-9-21)11-16(13)19-22-17(2,3)18(4,5)23-19/h10-11,20,24H,6-9,12H2,1-5H3. The van der Waals surface area contributed by atoms with Crippen LogP contribution in [0.25, 0.3) is 0 Å². The molecule has 1 aromatic rings. The minimum absolute atomic E-state index is 0.323. The van der Waals surface area contributed by atoms with Crippen molar-refractivity contribution in [1.82, 2.24) is 5.32 Å². The smallest absolute Gasteiger partial charge is 0.399 e. The van der Waals surface area contributed by atoms with Gasteiger partial charge >= 0.3 is 7.12 Å². The zero-order chi connectivity index (χ0) is 17.5. The van der Waals surface area contributed by atoms with Gasteiger partial charge in [-0.3, -0.25) is 0 Å². The van der Waals surface area contributed by atoms with E-state index in [9.17, 15) is 0 Å². The molecule has 2 fully saturated rings. The van der Waals surface area contributed by atoms with Crippen LogP contribution in [0.2, 0.25) is 0 Å². The first-order valence-corrected chi connectivity index (χ1v) is 9.44. The third-order valence-electron chi connectivity index (χ3n) is 5.70. The van der Waals surface area contributed by atoms with Crippen molar-refractivity contribution in [2.24, 2.45) is 0 Å². The second kappa shape index (κ2) is 6.56. The first-order valence-electron chi connectivity index (χ1n) is 8.81. The topological polar surface area (TPSA) is 33.7 Å². The van der Waals surface area contributed by atoms with Crippen molar-refractivity contribution in [3.8, 4) is 0 Å². The monoisotopic (exact) mass is 348 g/mol. The van der Waals surface area contributed by atoms with Gasteiger partial charge in [0.15, 0.2) is 0 Å². The van der Waals surface area contributed by atoms with Crippen LogP contribution < -0.4 is 15.7 Å². The van der Waals surface area contributed by atoms with Crippen molar-refractivity contribution < 1.29 is 9.31 Å². The molecule has 1 N–H and O–H groups in total. The molecule has 2 aliphatic rings. The van der Waals surface area contributed by atoms with Gasteiger partial charge in [0, 0.05) is 37.6 Å². The second-order valence-electron chi connectivity index (χ2n) is 7.80. The molecule has 6 heteroatoms. The van der Waals surface area contributed by atoms with E-state index in [0.29, 0.717) is 0 Å². The highest BCUT2D eigenvalue weighted by atomic mass is 32.1. The lowest BCUT2D eigenvalue weighted by Crippen LogP contribution is -2.44. The molecule has 0 radical (unpaired) electrons. The summed E-state index contributed by atoms with van der Waals surface area (Å²) in [5, 5.41) is 3.41. The number of hydrogen-bond acceptors (Lipinski definition) is 5. The Morgan fingerprint density at radius 1 is 1.12 bits per heavy atom. The van der Waals surface area contributed by atoms with Crippen LogP contribution in [0.4, 0.5) is 5.69 Å². The predicted octanol–water partition coefficient (Wildman–Crippen LogP) is 2.13. The molecule has 0 atom stereocenters. The molecular formula is C18H29BN2O2S. The van der Waals surface area contributed by atoms with Crippen molar-refractivity contribution in [3.63, 3.8) is 0 Å². The fraction of sp³-hybridized carbons (Fsp3) is 0.667. The van der Waals surface area contributed by atoms with Crippen LogP contribution in [0.3, 0.4) is 0 Å². The molecular weight excluding hydrogens is 319 g/mol. The van der Waals surface area contributed by atoms with E-state index in [4.69, 9.17) is 9.31 Å². The zero-order valence-corrected chi connectivity index (χ0v) is 16.4. The molecule has 132 valence electrons. The molecule has 4 nitrogen and oxygen atoms in total. The maximum atomic E-state index is 6.29. The first kappa shape index (κ1) is 18.1. The van der Waals surface area contributed by atoms with Gasteiger partial charge in [0.05, 0.1) is 11.2 Å². The van der Waals surface area contributed by atoms with Gasteiger partial charge in [-0.1, -0.05) is 0 Å². The van der Waals surface area contributed by atoms with E-state index < -0.39 is 0 Å². The fourth-order valence-corrected chi connectivity index (χ4v) is 3.59. The average molecular weight is 348 g/mol. The van der Waals surface area contributed by atoms with Crippen molar-refractivity contribution in [1.29, 1.82) is 0 Å². The quantitative estimate of drug-likeness (QED) is 0.648. The summed E-state index contributed by atoms with van der Waals surface area (Å²) >= 11 is 4.54. The largest absolute Gasteiger partial charge is 0.495 e. The van der Waals surface area contributed by atoms with Crippen LogP contribution in [-0.4, -0.2) is 44.5 Å². The maximum absolute atomic E-state index is 6.29. The van der Waals surface area contributed by atoms with Crippen LogP contribution in [0.15, 0.2) is 12.1 Å². The predicted molar refractivity (Wildman–Crippen MR) is 105 cm³/mol. The number of anilines is 1. The van der Waals surface area contributed by atoms with E-state index in [1.165, 1.54) is 16.8 Å². The normalized spacial score (nSPS) is 22.9. The Kier molecular flexibility index (Phi) is 4.95. The molecule has 0 saturated carbocycles. The number of benzene rings is 1. The Balaban J connectivity index is 1.98. The fourth-order valence-electron chi connectivity index (χ4n) is 3.27. The molecule has 3 rings (SSSR count). The van der Waals surface area contributed by atoms with Crippen molar-refractivity contribution >= 4 is 30.9 Å². The van der Waals surface area contributed by atoms with Crippen LogP contribution in [0.1, 0.15) is 38.8 Å². The van der Waals surface area contributed by atoms with Gasteiger partial charge in [-0.15, -0.1) is 0 Å². The summed E-state index contributed by atoms with van der Waals surface area (Å²) in [4.78, 5) is 2.43. The van der Waals surface area contributed by atoms with Gasteiger partial charge in [0.2, 0.25) is 0 Å². The maximum Gasteiger partial charge on any atom is 0.495 e. The Bertz CT molecular complexity index is 599. The zero-order valence-electron chi connectivity index (χ0n) is 15.5. The van der Waals surface area contributed by atoms with E-state index in [2.05, 4.69) is 69.6 Å². The lowest BCUT2D eigenvalue weighted by atomic mass is 9.74. The summed E-state index contributed by atoms with van der Waals surface area (Å²) in [6.45, 7) is 14.6.